The zero-order valence-corrected chi connectivity index (χ0v) is 16.0. The number of carbonyl (C=O) groups excluding carboxylic acids is 1. The second-order valence-electron chi connectivity index (χ2n) is 6.75. The van der Waals surface area contributed by atoms with Crippen molar-refractivity contribution in [2.24, 2.45) is 0 Å². The van der Waals surface area contributed by atoms with Crippen molar-refractivity contribution in [2.75, 3.05) is 7.11 Å². The molecule has 0 unspecified atom stereocenters. The molecule has 1 aliphatic heterocycles. The van der Waals surface area contributed by atoms with Gasteiger partial charge in [0.05, 0.1) is 23.9 Å². The normalized spacial score (nSPS) is 17.8. The summed E-state index contributed by atoms with van der Waals surface area (Å²) < 4.78 is 17.0. The van der Waals surface area contributed by atoms with E-state index >= 15 is 0 Å². The Morgan fingerprint density at radius 1 is 1.12 bits per heavy atom. The number of methoxy groups -OCH3 is 1. The monoisotopic (exact) mass is 343 g/mol. The first-order valence-corrected chi connectivity index (χ1v) is 8.57. The minimum Gasteiger partial charge on any atom is -0.465 e. The molecule has 0 bridgehead atoms. The predicted molar refractivity (Wildman–Crippen MR) is 100 cm³/mol. The maximum absolute atomic E-state index is 12.1. The Morgan fingerprint density at radius 2 is 1.72 bits per heavy atom. The molecule has 0 aliphatic carbocycles. The molecule has 1 aromatic carbocycles. The molecule has 2 aromatic rings. The van der Waals surface area contributed by atoms with E-state index in [-0.39, 0.29) is 5.97 Å². The van der Waals surface area contributed by atoms with E-state index in [0.29, 0.717) is 5.56 Å². The van der Waals surface area contributed by atoms with Gasteiger partial charge in [0.1, 0.15) is 0 Å². The average Bonchev–Trinajstić information content (AvgIpc) is 2.82. The SMILES string of the molecule is CC.COC(=O)c1cc(B2OC(C)(C)C(C)(C)O2)cc2cnccc12. The summed E-state index contributed by atoms with van der Waals surface area (Å²) in [5, 5.41) is 1.65. The van der Waals surface area contributed by atoms with Gasteiger partial charge in [-0.05, 0) is 50.7 Å². The number of aromatic nitrogens is 1. The molecule has 0 amide bonds. The predicted octanol–water partition coefficient (Wildman–Crippen LogP) is 3.35. The van der Waals surface area contributed by atoms with Crippen LogP contribution in [0.4, 0.5) is 0 Å². The van der Waals surface area contributed by atoms with E-state index in [4.69, 9.17) is 14.0 Å². The number of nitrogens with zero attached hydrogens (tertiary/aromatic N) is 1. The summed E-state index contributed by atoms with van der Waals surface area (Å²) >= 11 is 0. The summed E-state index contributed by atoms with van der Waals surface area (Å²) in [5.41, 5.74) is 0.390. The second kappa shape index (κ2) is 7.14. The Balaban J connectivity index is 0.00000109. The van der Waals surface area contributed by atoms with Crippen LogP contribution in [0.25, 0.3) is 10.8 Å². The first-order chi connectivity index (χ1) is 11.7. The largest absolute Gasteiger partial charge is 0.494 e. The maximum atomic E-state index is 12.1. The van der Waals surface area contributed by atoms with Gasteiger partial charge in [-0.25, -0.2) is 4.79 Å². The van der Waals surface area contributed by atoms with E-state index in [1.165, 1.54) is 7.11 Å². The third kappa shape index (κ3) is 3.55. The molecule has 1 aromatic heterocycles. The van der Waals surface area contributed by atoms with Gasteiger partial charge in [0.25, 0.3) is 0 Å². The molecule has 3 rings (SSSR count). The van der Waals surface area contributed by atoms with Crippen LogP contribution in [0, 0.1) is 0 Å². The van der Waals surface area contributed by atoms with Crippen molar-refractivity contribution < 1.29 is 18.8 Å². The lowest BCUT2D eigenvalue weighted by molar-refractivity contribution is 0.00578. The quantitative estimate of drug-likeness (QED) is 0.618. The van der Waals surface area contributed by atoms with Crippen LogP contribution in [-0.4, -0.2) is 36.4 Å². The van der Waals surface area contributed by atoms with Gasteiger partial charge in [-0.2, -0.15) is 0 Å². The van der Waals surface area contributed by atoms with E-state index < -0.39 is 18.3 Å². The lowest BCUT2D eigenvalue weighted by atomic mass is 9.77. The molecular weight excluding hydrogens is 317 g/mol. The van der Waals surface area contributed by atoms with Crippen LogP contribution in [0.1, 0.15) is 51.9 Å². The molecule has 6 heteroatoms. The number of rotatable bonds is 2. The standard InChI is InChI=1S/C17H20BNO4.C2H6/c1-16(2)17(3,4)23-18(22-16)12-8-11-10-19-7-6-13(11)14(9-12)15(20)21-5;1-2/h6-10H,1-5H3;1-2H3. The van der Waals surface area contributed by atoms with Crippen molar-refractivity contribution in [3.8, 4) is 0 Å². The van der Waals surface area contributed by atoms with Gasteiger partial charge >= 0.3 is 13.1 Å². The Morgan fingerprint density at radius 3 is 2.28 bits per heavy atom. The third-order valence-corrected chi connectivity index (χ3v) is 4.71. The fourth-order valence-electron chi connectivity index (χ4n) is 2.63. The van der Waals surface area contributed by atoms with Gasteiger partial charge < -0.3 is 14.0 Å². The molecule has 0 saturated carbocycles. The molecule has 2 heterocycles. The molecule has 0 radical (unpaired) electrons. The van der Waals surface area contributed by atoms with E-state index in [2.05, 4.69) is 4.98 Å². The summed E-state index contributed by atoms with van der Waals surface area (Å²) in [4.78, 5) is 16.3. The van der Waals surface area contributed by atoms with Crippen LogP contribution in [-0.2, 0) is 14.0 Å². The van der Waals surface area contributed by atoms with Crippen LogP contribution in [0.3, 0.4) is 0 Å². The van der Waals surface area contributed by atoms with Gasteiger partial charge in [-0.1, -0.05) is 19.9 Å². The molecule has 0 N–H and O–H groups in total. The van der Waals surface area contributed by atoms with Gasteiger partial charge in [0.2, 0.25) is 0 Å². The zero-order valence-electron chi connectivity index (χ0n) is 16.0. The number of hydrogen-bond acceptors (Lipinski definition) is 5. The van der Waals surface area contributed by atoms with Crippen LogP contribution in [0.5, 0.6) is 0 Å². The number of hydrogen-bond donors (Lipinski definition) is 0. The highest BCUT2D eigenvalue weighted by molar-refractivity contribution is 6.62. The number of esters is 1. The van der Waals surface area contributed by atoms with Crippen LogP contribution < -0.4 is 5.46 Å². The van der Waals surface area contributed by atoms with Gasteiger partial charge in [-0.15, -0.1) is 0 Å². The average molecular weight is 343 g/mol. The molecule has 1 saturated heterocycles. The summed E-state index contributed by atoms with van der Waals surface area (Å²) in [5.74, 6) is -0.389. The molecule has 0 atom stereocenters. The van der Waals surface area contributed by atoms with Gasteiger partial charge in [-0.3, -0.25) is 4.98 Å². The Kier molecular flexibility index (Phi) is 5.54. The Hall–Kier alpha value is -1.92. The van der Waals surface area contributed by atoms with E-state index in [9.17, 15) is 4.79 Å². The summed E-state index contributed by atoms with van der Waals surface area (Å²) in [6, 6.07) is 5.52. The fourth-order valence-corrected chi connectivity index (χ4v) is 2.63. The molecule has 134 valence electrons. The van der Waals surface area contributed by atoms with Crippen LogP contribution >= 0.6 is 0 Å². The van der Waals surface area contributed by atoms with Crippen molar-refractivity contribution in [3.05, 3.63) is 36.2 Å². The first kappa shape index (κ1) is 19.4. The lowest BCUT2D eigenvalue weighted by Crippen LogP contribution is -2.41. The summed E-state index contributed by atoms with van der Waals surface area (Å²) in [6.45, 7) is 12.0. The smallest absolute Gasteiger partial charge is 0.465 e. The summed E-state index contributed by atoms with van der Waals surface area (Å²) in [6.07, 6.45) is 3.37. The topological polar surface area (TPSA) is 57.7 Å². The minimum atomic E-state index is -0.534. The third-order valence-electron chi connectivity index (χ3n) is 4.71. The Labute approximate surface area is 149 Å². The number of ether oxygens (including phenoxy) is 1. The molecule has 1 fully saturated rings. The number of carbonyl (C=O) groups is 1. The molecule has 25 heavy (non-hydrogen) atoms. The van der Waals surface area contributed by atoms with Crippen LogP contribution in [0.2, 0.25) is 0 Å². The number of fused-ring (bicyclic) bond motifs is 1. The molecule has 5 nitrogen and oxygen atoms in total. The first-order valence-electron chi connectivity index (χ1n) is 8.57. The summed E-state index contributed by atoms with van der Waals surface area (Å²) in [7, 11) is 0.838. The highest BCUT2D eigenvalue weighted by Gasteiger charge is 2.51. The maximum Gasteiger partial charge on any atom is 0.494 e. The fraction of sp³-hybridized carbons (Fsp3) is 0.474. The molecule has 0 spiro atoms. The van der Waals surface area contributed by atoms with E-state index in [0.717, 1.165) is 16.2 Å². The van der Waals surface area contributed by atoms with E-state index in [1.54, 1.807) is 24.5 Å². The molecule has 1 aliphatic rings. The zero-order chi connectivity index (χ0) is 18.8. The lowest BCUT2D eigenvalue weighted by Gasteiger charge is -2.32. The molecular formula is C19H26BNO4. The van der Waals surface area contributed by atoms with Gasteiger partial charge in [0.15, 0.2) is 0 Å². The van der Waals surface area contributed by atoms with Crippen LogP contribution in [0.15, 0.2) is 30.6 Å². The minimum absolute atomic E-state index is 0.389. The van der Waals surface area contributed by atoms with Crippen molar-refractivity contribution in [1.29, 1.82) is 0 Å². The van der Waals surface area contributed by atoms with Crippen molar-refractivity contribution >= 4 is 29.3 Å². The van der Waals surface area contributed by atoms with Crippen molar-refractivity contribution in [1.82, 2.24) is 4.98 Å². The van der Waals surface area contributed by atoms with E-state index in [1.807, 2.05) is 47.6 Å². The van der Waals surface area contributed by atoms with Crippen molar-refractivity contribution in [2.45, 2.75) is 52.7 Å². The number of benzene rings is 1. The number of pyridine rings is 1. The second-order valence-corrected chi connectivity index (χ2v) is 6.75. The Bertz CT molecular complexity index is 757. The highest BCUT2D eigenvalue weighted by Crippen LogP contribution is 2.36. The van der Waals surface area contributed by atoms with Crippen molar-refractivity contribution in [3.63, 3.8) is 0 Å². The highest BCUT2D eigenvalue weighted by atomic mass is 16.7. The van der Waals surface area contributed by atoms with Gasteiger partial charge in [0, 0.05) is 17.8 Å².